The Morgan fingerprint density at radius 2 is 1.07 bits per heavy atom. The van der Waals surface area contributed by atoms with Gasteiger partial charge in [0.1, 0.15) is 11.2 Å². The standard InChI is InChI=1S/C32H40Br2N4O5/c1-19(37-29(39)42-31(3,4)5)9-27(23-11-21(17-35)13-25(33)15-23)41-28(24-12-22(18-36)14-26(34)16-24)10-20(2)38-30(40)43-32(6,7)8/h11-16,19-20,27-28H,9-10H2,1-8H3,(H,37,39)(H,38,40). The molecular formula is C32H40Br2N4O5. The molecule has 0 aliphatic rings. The lowest BCUT2D eigenvalue weighted by molar-refractivity contribution is -0.0325. The summed E-state index contributed by atoms with van der Waals surface area (Å²) < 4.78 is 19.1. The van der Waals surface area contributed by atoms with E-state index in [-0.39, 0.29) is 12.1 Å². The van der Waals surface area contributed by atoms with Crippen LogP contribution < -0.4 is 10.6 Å². The van der Waals surface area contributed by atoms with Crippen molar-refractivity contribution < 1.29 is 23.8 Å². The van der Waals surface area contributed by atoms with E-state index in [2.05, 4.69) is 54.6 Å². The summed E-state index contributed by atoms with van der Waals surface area (Å²) in [5.74, 6) is 0. The van der Waals surface area contributed by atoms with Crippen molar-refractivity contribution in [2.75, 3.05) is 0 Å². The van der Waals surface area contributed by atoms with Gasteiger partial charge >= 0.3 is 12.2 Å². The van der Waals surface area contributed by atoms with Crippen LogP contribution in [-0.4, -0.2) is 35.5 Å². The first-order chi connectivity index (χ1) is 19.9. The number of carbonyl (C=O) groups is 2. The van der Waals surface area contributed by atoms with E-state index in [0.29, 0.717) is 32.9 Å². The summed E-state index contributed by atoms with van der Waals surface area (Å²) in [6.45, 7) is 14.4. The van der Waals surface area contributed by atoms with Gasteiger partial charge in [-0.25, -0.2) is 9.59 Å². The number of ether oxygens (including phenoxy) is 3. The van der Waals surface area contributed by atoms with E-state index in [4.69, 9.17) is 14.2 Å². The van der Waals surface area contributed by atoms with Crippen LogP contribution in [0.25, 0.3) is 0 Å². The number of hydrogen-bond acceptors (Lipinski definition) is 7. The fourth-order valence-electron chi connectivity index (χ4n) is 4.24. The van der Waals surface area contributed by atoms with Crippen LogP contribution in [-0.2, 0) is 14.2 Å². The van der Waals surface area contributed by atoms with E-state index < -0.39 is 35.6 Å². The molecule has 0 spiro atoms. The molecule has 0 bridgehead atoms. The van der Waals surface area contributed by atoms with Crippen molar-refractivity contribution in [3.05, 3.63) is 67.6 Å². The molecule has 0 saturated carbocycles. The molecule has 0 aliphatic carbocycles. The Morgan fingerprint density at radius 1 is 0.721 bits per heavy atom. The summed E-state index contributed by atoms with van der Waals surface area (Å²) in [5.41, 5.74) is 1.00. The quantitative estimate of drug-likeness (QED) is 0.252. The van der Waals surface area contributed by atoms with E-state index in [9.17, 15) is 20.1 Å². The summed E-state index contributed by atoms with van der Waals surface area (Å²) >= 11 is 6.98. The second kappa shape index (κ2) is 15.6. The minimum Gasteiger partial charge on any atom is -0.444 e. The Balaban J connectivity index is 2.49. The minimum atomic E-state index is -0.660. The highest BCUT2D eigenvalue weighted by Gasteiger charge is 2.28. The van der Waals surface area contributed by atoms with Crippen LogP contribution in [0.1, 0.15) is 103 Å². The van der Waals surface area contributed by atoms with Gasteiger partial charge < -0.3 is 24.8 Å². The fraction of sp³-hybridized carbons (Fsp3) is 0.500. The molecule has 11 heteroatoms. The lowest BCUT2D eigenvalue weighted by Crippen LogP contribution is -2.39. The number of benzene rings is 2. The van der Waals surface area contributed by atoms with E-state index in [1.165, 1.54) is 0 Å². The van der Waals surface area contributed by atoms with Crippen LogP contribution in [0.2, 0.25) is 0 Å². The molecule has 43 heavy (non-hydrogen) atoms. The Kier molecular flexibility index (Phi) is 13.1. The maximum atomic E-state index is 12.5. The van der Waals surface area contributed by atoms with Crippen LogP contribution >= 0.6 is 31.9 Å². The summed E-state index contributed by atoms with van der Waals surface area (Å²) in [6, 6.07) is 14.2. The molecule has 0 radical (unpaired) electrons. The first-order valence-electron chi connectivity index (χ1n) is 13.9. The van der Waals surface area contributed by atoms with E-state index in [0.717, 1.165) is 11.1 Å². The highest BCUT2D eigenvalue weighted by molar-refractivity contribution is 9.10. The maximum Gasteiger partial charge on any atom is 0.407 e. The largest absolute Gasteiger partial charge is 0.444 e. The van der Waals surface area contributed by atoms with Crippen molar-refractivity contribution in [3.63, 3.8) is 0 Å². The molecular weight excluding hydrogens is 680 g/mol. The second-order valence-corrected chi connectivity index (χ2v) is 14.3. The molecule has 2 amide bonds. The zero-order valence-corrected chi connectivity index (χ0v) is 29.1. The number of rotatable bonds is 10. The first kappa shape index (κ1) is 36.1. The molecule has 4 atom stereocenters. The topological polar surface area (TPSA) is 133 Å². The molecule has 0 saturated heterocycles. The smallest absolute Gasteiger partial charge is 0.407 e. The Hall–Kier alpha value is -3.12. The Bertz CT molecular complexity index is 1270. The third-order valence-electron chi connectivity index (χ3n) is 5.83. The van der Waals surface area contributed by atoms with E-state index >= 15 is 0 Å². The number of amides is 2. The SMILES string of the molecule is CC(CC(OC(CC(C)NC(=O)OC(C)(C)C)c1cc(Br)cc(C#N)c1)c1cc(Br)cc(C#N)c1)NC(=O)OC(C)(C)C. The monoisotopic (exact) mass is 718 g/mol. The predicted octanol–water partition coefficient (Wildman–Crippen LogP) is 8.36. The molecule has 2 aromatic carbocycles. The molecule has 2 rings (SSSR count). The normalized spacial score (nSPS) is 14.3. The van der Waals surface area contributed by atoms with Crippen LogP contribution in [0.15, 0.2) is 45.3 Å². The highest BCUT2D eigenvalue weighted by atomic mass is 79.9. The molecule has 2 N–H and O–H groups in total. The highest BCUT2D eigenvalue weighted by Crippen LogP contribution is 2.36. The van der Waals surface area contributed by atoms with Crippen LogP contribution in [0.4, 0.5) is 9.59 Å². The fourth-order valence-corrected chi connectivity index (χ4v) is 5.26. The van der Waals surface area contributed by atoms with Crippen molar-refractivity contribution in [2.24, 2.45) is 0 Å². The summed E-state index contributed by atoms with van der Waals surface area (Å²) in [4.78, 5) is 25.1. The molecule has 0 aliphatic heterocycles. The van der Waals surface area contributed by atoms with Gasteiger partial charge in [0.2, 0.25) is 0 Å². The summed E-state index contributed by atoms with van der Waals surface area (Å²) in [6.07, 6.45) is -1.63. The summed E-state index contributed by atoms with van der Waals surface area (Å²) in [5, 5.41) is 25.0. The number of hydrogen-bond donors (Lipinski definition) is 2. The van der Waals surface area contributed by atoms with Crippen molar-refractivity contribution in [2.45, 2.75) is 104 Å². The minimum absolute atomic E-state index is 0.337. The number of nitriles is 2. The number of nitrogens with zero attached hydrogens (tertiary/aromatic N) is 2. The third-order valence-corrected chi connectivity index (χ3v) is 6.75. The average Bonchev–Trinajstić information content (AvgIpc) is 2.84. The first-order valence-corrected chi connectivity index (χ1v) is 15.5. The third kappa shape index (κ3) is 13.4. The average molecular weight is 721 g/mol. The number of alkyl carbamates (subject to hydrolysis) is 2. The van der Waals surface area contributed by atoms with Gasteiger partial charge in [0.15, 0.2) is 0 Å². The molecule has 9 nitrogen and oxygen atoms in total. The Morgan fingerprint density at radius 3 is 1.37 bits per heavy atom. The van der Waals surface area contributed by atoms with Gasteiger partial charge in [0, 0.05) is 21.0 Å². The molecule has 2 aromatic rings. The number of halogens is 2. The van der Waals surface area contributed by atoms with E-state index in [1.54, 1.807) is 65.8 Å². The van der Waals surface area contributed by atoms with Crippen molar-refractivity contribution in [1.29, 1.82) is 10.5 Å². The lowest BCUT2D eigenvalue weighted by atomic mass is 9.97. The number of nitrogens with one attached hydrogen (secondary N) is 2. The van der Waals surface area contributed by atoms with Crippen molar-refractivity contribution >= 4 is 44.0 Å². The van der Waals surface area contributed by atoms with Gasteiger partial charge in [-0.1, -0.05) is 31.9 Å². The van der Waals surface area contributed by atoms with Crippen LogP contribution in [0.5, 0.6) is 0 Å². The second-order valence-electron chi connectivity index (χ2n) is 12.4. The van der Waals surface area contributed by atoms with Gasteiger partial charge in [-0.05, 0) is 116 Å². The maximum absolute atomic E-state index is 12.5. The number of carbonyl (C=O) groups excluding carboxylic acids is 2. The van der Waals surface area contributed by atoms with Gasteiger partial charge in [-0.15, -0.1) is 0 Å². The van der Waals surface area contributed by atoms with Crippen LogP contribution in [0.3, 0.4) is 0 Å². The van der Waals surface area contributed by atoms with E-state index in [1.807, 2.05) is 26.0 Å². The van der Waals surface area contributed by atoms with Crippen molar-refractivity contribution in [3.8, 4) is 12.1 Å². The van der Waals surface area contributed by atoms with Gasteiger partial charge in [-0.3, -0.25) is 0 Å². The van der Waals surface area contributed by atoms with Gasteiger partial charge in [-0.2, -0.15) is 10.5 Å². The van der Waals surface area contributed by atoms with Gasteiger partial charge in [0.05, 0.1) is 35.5 Å². The summed E-state index contributed by atoms with van der Waals surface area (Å²) in [7, 11) is 0. The molecule has 4 unspecified atom stereocenters. The van der Waals surface area contributed by atoms with Crippen molar-refractivity contribution in [1.82, 2.24) is 10.6 Å². The zero-order chi connectivity index (χ0) is 32.5. The Labute approximate surface area is 271 Å². The molecule has 0 fully saturated rings. The molecule has 0 heterocycles. The predicted molar refractivity (Wildman–Crippen MR) is 171 cm³/mol. The molecule has 232 valence electrons. The molecule has 0 aromatic heterocycles. The van der Waals surface area contributed by atoms with Gasteiger partial charge in [0.25, 0.3) is 0 Å². The zero-order valence-electron chi connectivity index (χ0n) is 25.9. The van der Waals surface area contributed by atoms with Crippen LogP contribution in [0, 0.1) is 22.7 Å². The lowest BCUT2D eigenvalue weighted by Gasteiger charge is -2.31.